The summed E-state index contributed by atoms with van der Waals surface area (Å²) in [4.78, 5) is 38.8. The number of anilines is 1. The van der Waals surface area contributed by atoms with Crippen LogP contribution in [0.5, 0.6) is 11.5 Å². The minimum absolute atomic E-state index is 0.0405. The van der Waals surface area contributed by atoms with E-state index in [0.717, 1.165) is 0 Å². The van der Waals surface area contributed by atoms with E-state index in [1.807, 2.05) is 6.92 Å². The van der Waals surface area contributed by atoms with Crippen LogP contribution in [0.15, 0.2) is 72.8 Å². The van der Waals surface area contributed by atoms with Gasteiger partial charge in [-0.2, -0.15) is 0 Å². The maximum absolute atomic E-state index is 13.2. The molecule has 0 spiro atoms. The molecule has 0 saturated carbocycles. The van der Waals surface area contributed by atoms with Crippen molar-refractivity contribution < 1.29 is 23.9 Å². The van der Waals surface area contributed by atoms with Gasteiger partial charge < -0.3 is 9.47 Å². The lowest BCUT2D eigenvalue weighted by Gasteiger charge is -2.31. The van der Waals surface area contributed by atoms with Gasteiger partial charge in [0.1, 0.15) is 11.5 Å². The molecule has 1 amide bonds. The monoisotopic (exact) mass is 465 g/mol. The van der Waals surface area contributed by atoms with Crippen molar-refractivity contribution in [3.8, 4) is 11.5 Å². The molecule has 1 atom stereocenters. The molecule has 33 heavy (non-hydrogen) atoms. The number of carbonyl (C=O) groups is 3. The van der Waals surface area contributed by atoms with E-state index in [0.29, 0.717) is 39.9 Å². The zero-order valence-corrected chi connectivity index (χ0v) is 19.1. The van der Waals surface area contributed by atoms with E-state index in [9.17, 15) is 14.4 Å². The molecule has 3 aromatic rings. The van der Waals surface area contributed by atoms with Crippen molar-refractivity contribution in [3.05, 3.63) is 88.9 Å². The van der Waals surface area contributed by atoms with Crippen LogP contribution in [-0.2, 0) is 9.59 Å². The highest BCUT2D eigenvalue weighted by Gasteiger charge is 2.29. The lowest BCUT2D eigenvalue weighted by atomic mass is 9.95. The minimum Gasteiger partial charge on any atom is -0.497 e. The van der Waals surface area contributed by atoms with Crippen molar-refractivity contribution in [1.82, 2.24) is 0 Å². The van der Waals surface area contributed by atoms with Crippen LogP contribution in [0.3, 0.4) is 0 Å². The molecule has 7 heteroatoms. The number of methoxy groups -OCH3 is 1. The Bertz CT molecular complexity index is 1100. The highest BCUT2D eigenvalue weighted by Crippen LogP contribution is 2.33. The summed E-state index contributed by atoms with van der Waals surface area (Å²) in [5.41, 5.74) is 1.61. The van der Waals surface area contributed by atoms with Gasteiger partial charge in [-0.1, -0.05) is 23.7 Å². The van der Waals surface area contributed by atoms with Crippen LogP contribution < -0.4 is 14.4 Å². The van der Waals surface area contributed by atoms with Crippen molar-refractivity contribution in [2.45, 2.75) is 19.4 Å². The number of ether oxygens (including phenoxy) is 2. The Labute approximate surface area is 197 Å². The Morgan fingerprint density at radius 1 is 0.939 bits per heavy atom. The zero-order valence-electron chi connectivity index (χ0n) is 18.4. The van der Waals surface area contributed by atoms with E-state index in [1.165, 1.54) is 12.0 Å². The van der Waals surface area contributed by atoms with Gasteiger partial charge in [0.2, 0.25) is 6.29 Å². The Morgan fingerprint density at radius 2 is 1.55 bits per heavy atom. The van der Waals surface area contributed by atoms with Gasteiger partial charge in [-0.3, -0.25) is 19.3 Å². The predicted molar refractivity (Wildman–Crippen MR) is 127 cm³/mol. The fourth-order valence-electron chi connectivity index (χ4n) is 3.50. The molecule has 0 N–H and O–H groups in total. The number of Topliss-reactive ketones (excluding diaryl/α,β-unsaturated/α-hetero) is 1. The maximum Gasteiger partial charge on any atom is 0.291 e. The van der Waals surface area contributed by atoms with Gasteiger partial charge in [-0.25, -0.2) is 0 Å². The van der Waals surface area contributed by atoms with Crippen LogP contribution in [0, 0.1) is 0 Å². The average molecular weight is 466 g/mol. The van der Waals surface area contributed by atoms with Crippen molar-refractivity contribution in [2.24, 2.45) is 0 Å². The quantitative estimate of drug-likeness (QED) is 0.231. The van der Waals surface area contributed by atoms with E-state index < -0.39 is 11.9 Å². The van der Waals surface area contributed by atoms with E-state index in [1.54, 1.807) is 72.8 Å². The van der Waals surface area contributed by atoms with Crippen molar-refractivity contribution in [1.29, 1.82) is 0 Å². The van der Waals surface area contributed by atoms with Crippen molar-refractivity contribution in [2.75, 3.05) is 18.6 Å². The molecule has 6 nitrogen and oxygen atoms in total. The van der Waals surface area contributed by atoms with Crippen molar-refractivity contribution >= 4 is 35.3 Å². The third-order valence-corrected chi connectivity index (χ3v) is 5.37. The summed E-state index contributed by atoms with van der Waals surface area (Å²) < 4.78 is 10.6. The maximum atomic E-state index is 13.2. The zero-order chi connectivity index (χ0) is 23.8. The van der Waals surface area contributed by atoms with Crippen LogP contribution in [0.2, 0.25) is 5.02 Å². The summed E-state index contributed by atoms with van der Waals surface area (Å²) in [7, 11) is 1.54. The third kappa shape index (κ3) is 5.99. The second-order valence-corrected chi connectivity index (χ2v) is 7.61. The fourth-order valence-corrected chi connectivity index (χ4v) is 3.63. The van der Waals surface area contributed by atoms with E-state index in [2.05, 4.69) is 0 Å². The van der Waals surface area contributed by atoms with Crippen molar-refractivity contribution in [3.63, 3.8) is 0 Å². The number of rotatable bonds is 10. The van der Waals surface area contributed by atoms with Gasteiger partial charge in [-0.15, -0.1) is 0 Å². The molecular weight excluding hydrogens is 442 g/mol. The molecule has 0 bridgehead atoms. The lowest BCUT2D eigenvalue weighted by Crippen LogP contribution is -2.37. The van der Waals surface area contributed by atoms with E-state index in [-0.39, 0.29) is 18.5 Å². The number of halogens is 1. The molecule has 0 radical (unpaired) electrons. The second-order valence-electron chi connectivity index (χ2n) is 7.18. The number of aldehydes is 1. The predicted octanol–water partition coefficient (Wildman–Crippen LogP) is 5.29. The number of carbonyl (C=O) groups excluding carboxylic acids is 3. The topological polar surface area (TPSA) is 72.9 Å². The molecular formula is C26H24ClNO5. The molecule has 170 valence electrons. The van der Waals surface area contributed by atoms with Gasteiger partial charge in [0.05, 0.1) is 19.8 Å². The highest BCUT2D eigenvalue weighted by atomic mass is 35.5. The molecule has 0 fully saturated rings. The molecule has 0 aliphatic rings. The van der Waals surface area contributed by atoms with Gasteiger partial charge in [0.25, 0.3) is 5.91 Å². The highest BCUT2D eigenvalue weighted by molar-refractivity contribution is 6.31. The summed E-state index contributed by atoms with van der Waals surface area (Å²) >= 11 is 6.05. The molecule has 0 aliphatic carbocycles. The number of amides is 1. The average Bonchev–Trinajstić information content (AvgIpc) is 2.85. The fraction of sp³-hybridized carbons (Fsp3) is 0.192. The standard InChI is InChI=1S/C26H24ClNO5/c1-3-33-23-12-6-19(7-13-23)25(30)16-24(18-4-8-20(27)9-5-18)28(26(31)17-29)21-10-14-22(32-2)15-11-21/h4-15,17,24H,3,16H2,1-2H3. The number of hydrogen-bond donors (Lipinski definition) is 0. The Hall–Kier alpha value is -3.64. The van der Waals surface area contributed by atoms with Crippen LogP contribution in [0.4, 0.5) is 5.69 Å². The van der Waals surface area contributed by atoms with E-state index in [4.69, 9.17) is 21.1 Å². The Morgan fingerprint density at radius 3 is 2.09 bits per heavy atom. The first-order valence-corrected chi connectivity index (χ1v) is 10.8. The van der Waals surface area contributed by atoms with Gasteiger partial charge in [0.15, 0.2) is 5.78 Å². The molecule has 1 unspecified atom stereocenters. The van der Waals surface area contributed by atoms with Crippen LogP contribution in [0.25, 0.3) is 0 Å². The largest absolute Gasteiger partial charge is 0.497 e. The Balaban J connectivity index is 2.00. The number of nitrogens with zero attached hydrogens (tertiary/aromatic N) is 1. The number of ketones is 1. The first-order valence-electron chi connectivity index (χ1n) is 10.4. The van der Waals surface area contributed by atoms with Gasteiger partial charge in [-0.05, 0) is 73.2 Å². The second kappa shape index (κ2) is 11.3. The van der Waals surface area contributed by atoms with Gasteiger partial charge in [0, 0.05) is 22.7 Å². The lowest BCUT2D eigenvalue weighted by molar-refractivity contribution is -0.129. The summed E-state index contributed by atoms with van der Waals surface area (Å²) in [6, 6.07) is 19.7. The normalized spacial score (nSPS) is 11.4. The molecule has 0 aliphatic heterocycles. The minimum atomic E-state index is -0.764. The third-order valence-electron chi connectivity index (χ3n) is 5.12. The molecule has 0 saturated heterocycles. The summed E-state index contributed by atoms with van der Waals surface area (Å²) in [6.07, 6.45) is 0.204. The molecule has 3 aromatic carbocycles. The summed E-state index contributed by atoms with van der Waals surface area (Å²) in [5.74, 6) is 0.319. The van der Waals surface area contributed by atoms with E-state index >= 15 is 0 Å². The van der Waals surface area contributed by atoms with Gasteiger partial charge >= 0.3 is 0 Å². The molecule has 3 rings (SSSR count). The first-order chi connectivity index (χ1) is 16.0. The van der Waals surface area contributed by atoms with Crippen LogP contribution in [0.1, 0.15) is 35.3 Å². The van der Waals surface area contributed by atoms with Crippen LogP contribution in [-0.4, -0.2) is 31.7 Å². The number of benzene rings is 3. The Kier molecular flexibility index (Phi) is 8.22. The summed E-state index contributed by atoms with van der Waals surface area (Å²) in [6.45, 7) is 2.41. The number of hydrogen-bond acceptors (Lipinski definition) is 5. The van der Waals surface area contributed by atoms with Crippen LogP contribution >= 0.6 is 11.6 Å². The summed E-state index contributed by atoms with van der Waals surface area (Å²) in [5, 5.41) is 0.521. The molecule has 0 heterocycles. The molecule has 0 aromatic heterocycles. The smallest absolute Gasteiger partial charge is 0.291 e. The first kappa shape index (κ1) is 24.0. The SMILES string of the molecule is CCOc1ccc(C(=O)CC(c2ccc(Cl)cc2)N(C(=O)C=O)c2ccc(OC)cc2)cc1.